The van der Waals surface area contributed by atoms with Crippen LogP contribution in [0.2, 0.25) is 0 Å². The van der Waals surface area contributed by atoms with Crippen LogP contribution in [0, 0.1) is 6.92 Å². The van der Waals surface area contributed by atoms with E-state index in [4.69, 9.17) is 8.83 Å². The summed E-state index contributed by atoms with van der Waals surface area (Å²) in [7, 11) is 0. The maximum atomic E-state index is 13.4. The van der Waals surface area contributed by atoms with Crippen LogP contribution >= 0.6 is 0 Å². The molecule has 0 bridgehead atoms. The van der Waals surface area contributed by atoms with Crippen LogP contribution in [0.25, 0.3) is 0 Å². The molecule has 0 radical (unpaired) electrons. The highest BCUT2D eigenvalue weighted by Gasteiger charge is 2.24. The molecule has 39 heavy (non-hydrogen) atoms. The molecule has 2 heterocycles. The summed E-state index contributed by atoms with van der Waals surface area (Å²) in [6.07, 6.45) is 2.72. The molecular weight excluding hydrogens is 494 g/mol. The van der Waals surface area contributed by atoms with Gasteiger partial charge in [0.1, 0.15) is 11.5 Å². The van der Waals surface area contributed by atoms with Crippen LogP contribution in [0.15, 0.2) is 94.2 Å². The molecule has 2 aromatic carbocycles. The van der Waals surface area contributed by atoms with Crippen LogP contribution in [0.5, 0.6) is 0 Å². The molecule has 4 rings (SSSR count). The first-order valence-corrected chi connectivity index (χ1v) is 13.1. The number of nitrogens with one attached hydrogen (secondary N) is 3. The van der Waals surface area contributed by atoms with Crippen LogP contribution in [0.3, 0.4) is 0 Å². The van der Waals surface area contributed by atoms with Crippen molar-refractivity contribution in [3.63, 3.8) is 0 Å². The van der Waals surface area contributed by atoms with E-state index in [1.54, 1.807) is 42.9 Å². The molecule has 8 nitrogen and oxygen atoms in total. The summed E-state index contributed by atoms with van der Waals surface area (Å²) in [5.41, 5.74) is 2.46. The highest BCUT2D eigenvalue weighted by atomic mass is 16.3. The predicted octanol–water partition coefficient (Wildman–Crippen LogP) is 4.72. The van der Waals surface area contributed by atoms with E-state index >= 15 is 0 Å². The highest BCUT2D eigenvalue weighted by Crippen LogP contribution is 2.17. The van der Waals surface area contributed by atoms with Crippen molar-refractivity contribution in [2.45, 2.75) is 51.4 Å². The predicted molar refractivity (Wildman–Crippen MR) is 148 cm³/mol. The Morgan fingerprint density at radius 1 is 0.795 bits per heavy atom. The lowest BCUT2D eigenvalue weighted by Crippen LogP contribution is -2.49. The normalized spacial score (nSPS) is 14.3. The molecule has 4 N–H and O–H groups in total. The van der Waals surface area contributed by atoms with Gasteiger partial charge in [0.2, 0.25) is 0 Å². The van der Waals surface area contributed by atoms with Crippen LogP contribution in [-0.4, -0.2) is 35.6 Å². The summed E-state index contributed by atoms with van der Waals surface area (Å²) in [5, 5.41) is 20.3. The molecule has 0 saturated carbocycles. The molecule has 0 spiro atoms. The summed E-state index contributed by atoms with van der Waals surface area (Å²) in [6.45, 7) is 5.85. The van der Waals surface area contributed by atoms with Crippen molar-refractivity contribution in [3.05, 3.63) is 119 Å². The Bertz CT molecular complexity index is 1340. The molecule has 4 atom stereocenters. The molecule has 4 aromatic rings. The molecule has 0 saturated heterocycles. The molecule has 8 heteroatoms. The lowest BCUT2D eigenvalue weighted by molar-refractivity contribution is 0.0824. The van der Waals surface area contributed by atoms with E-state index in [0.717, 1.165) is 16.9 Å². The van der Waals surface area contributed by atoms with Gasteiger partial charge in [-0.25, -0.2) is 0 Å². The van der Waals surface area contributed by atoms with Crippen LogP contribution in [0.4, 0.5) is 0 Å². The molecule has 204 valence electrons. The Kier molecular flexibility index (Phi) is 9.35. The Balaban J connectivity index is 1.47. The minimum Gasteiger partial charge on any atom is -0.468 e. The van der Waals surface area contributed by atoms with E-state index in [1.807, 2.05) is 63.2 Å². The second kappa shape index (κ2) is 13.1. The fourth-order valence-corrected chi connectivity index (χ4v) is 4.42. The number of amides is 2. The first-order chi connectivity index (χ1) is 18.8. The van der Waals surface area contributed by atoms with E-state index in [2.05, 4.69) is 16.0 Å². The quantitative estimate of drug-likeness (QED) is 0.211. The molecule has 0 aliphatic heterocycles. The monoisotopic (exact) mass is 529 g/mol. The van der Waals surface area contributed by atoms with Gasteiger partial charge in [-0.2, -0.15) is 0 Å². The number of aliphatic hydroxyl groups excluding tert-OH is 1. The fourth-order valence-electron chi connectivity index (χ4n) is 4.42. The number of carbonyl (C=O) groups is 2. The second-order valence-corrected chi connectivity index (χ2v) is 9.78. The average molecular weight is 530 g/mol. The largest absolute Gasteiger partial charge is 0.468 e. The first kappa shape index (κ1) is 27.9. The maximum Gasteiger partial charge on any atom is 0.251 e. The van der Waals surface area contributed by atoms with Gasteiger partial charge in [-0.05, 0) is 80.8 Å². The zero-order valence-corrected chi connectivity index (χ0v) is 22.4. The number of furan rings is 2. The third-order valence-electron chi connectivity index (χ3n) is 6.60. The molecule has 2 amide bonds. The molecular formula is C31H35N3O5. The molecule has 0 aliphatic rings. The number of aryl methyl sites for hydroxylation is 1. The Labute approximate surface area is 228 Å². The minimum atomic E-state index is -0.881. The van der Waals surface area contributed by atoms with Crippen molar-refractivity contribution in [1.29, 1.82) is 0 Å². The lowest BCUT2D eigenvalue weighted by Gasteiger charge is -2.26. The van der Waals surface area contributed by atoms with Gasteiger partial charge in [0.15, 0.2) is 0 Å². The standard InChI is InChI=1S/C31H35N3O5/c1-20-15-24(30(36)33-22(3)29-12-8-14-39-29)18-25(16-20)31(37)34-26(17-23-9-5-4-6-10-23)27(35)19-32-21(2)28-11-7-13-38-28/h4-16,18,21-22,26-27,32,35H,17,19H2,1-3H3,(H,33,36)(H,34,37)/t21?,22?,26-,27+/m0/s1. The number of aliphatic hydroxyl groups is 1. The summed E-state index contributed by atoms with van der Waals surface area (Å²) in [5.74, 6) is 0.721. The fraction of sp³-hybridized carbons (Fsp3) is 0.290. The van der Waals surface area contributed by atoms with Gasteiger partial charge in [-0.1, -0.05) is 30.3 Å². The molecule has 2 aromatic heterocycles. The van der Waals surface area contributed by atoms with Crippen molar-refractivity contribution >= 4 is 11.8 Å². The second-order valence-electron chi connectivity index (χ2n) is 9.78. The van der Waals surface area contributed by atoms with Gasteiger partial charge in [0.05, 0.1) is 36.8 Å². The van der Waals surface area contributed by atoms with Gasteiger partial charge < -0.3 is 29.9 Å². The summed E-state index contributed by atoms with van der Waals surface area (Å²) in [6, 6.07) is 20.9. The Morgan fingerprint density at radius 3 is 1.97 bits per heavy atom. The van der Waals surface area contributed by atoms with Crippen molar-refractivity contribution in [2.75, 3.05) is 6.54 Å². The number of carbonyl (C=O) groups excluding carboxylic acids is 2. The highest BCUT2D eigenvalue weighted by molar-refractivity contribution is 6.00. The number of rotatable bonds is 12. The van der Waals surface area contributed by atoms with Gasteiger partial charge in [-0.15, -0.1) is 0 Å². The van der Waals surface area contributed by atoms with Crippen LogP contribution < -0.4 is 16.0 Å². The molecule has 2 unspecified atom stereocenters. The first-order valence-electron chi connectivity index (χ1n) is 13.1. The lowest BCUT2D eigenvalue weighted by atomic mass is 9.99. The third kappa shape index (κ3) is 7.69. The zero-order valence-electron chi connectivity index (χ0n) is 22.4. The van der Waals surface area contributed by atoms with E-state index < -0.39 is 12.1 Å². The topological polar surface area (TPSA) is 117 Å². The van der Waals surface area contributed by atoms with Crippen molar-refractivity contribution in [2.24, 2.45) is 0 Å². The van der Waals surface area contributed by atoms with Gasteiger partial charge in [0, 0.05) is 17.7 Å². The van der Waals surface area contributed by atoms with Gasteiger partial charge in [0.25, 0.3) is 11.8 Å². The number of benzene rings is 2. The summed E-state index contributed by atoms with van der Waals surface area (Å²) < 4.78 is 10.8. The van der Waals surface area contributed by atoms with Gasteiger partial charge >= 0.3 is 0 Å². The van der Waals surface area contributed by atoms with E-state index in [0.29, 0.717) is 23.3 Å². The average Bonchev–Trinajstić information content (AvgIpc) is 3.66. The van der Waals surface area contributed by atoms with Crippen molar-refractivity contribution < 1.29 is 23.5 Å². The van der Waals surface area contributed by atoms with E-state index in [-0.39, 0.29) is 30.4 Å². The summed E-state index contributed by atoms with van der Waals surface area (Å²) >= 11 is 0. The minimum absolute atomic E-state index is 0.107. The van der Waals surface area contributed by atoms with Crippen LogP contribution in [0.1, 0.15) is 69.3 Å². The zero-order chi connectivity index (χ0) is 27.8. The molecule has 0 aliphatic carbocycles. The van der Waals surface area contributed by atoms with Crippen molar-refractivity contribution in [3.8, 4) is 0 Å². The Morgan fingerprint density at radius 2 is 1.38 bits per heavy atom. The van der Waals surface area contributed by atoms with E-state index in [1.165, 1.54) is 0 Å². The number of hydrogen-bond donors (Lipinski definition) is 4. The van der Waals surface area contributed by atoms with Crippen molar-refractivity contribution in [1.82, 2.24) is 16.0 Å². The van der Waals surface area contributed by atoms with Crippen LogP contribution in [-0.2, 0) is 6.42 Å². The summed E-state index contributed by atoms with van der Waals surface area (Å²) in [4.78, 5) is 26.4. The smallest absolute Gasteiger partial charge is 0.251 e. The SMILES string of the molecule is Cc1cc(C(=O)NC(C)c2ccco2)cc(C(=O)N[C@@H](Cc2ccccc2)[C@H](O)CNC(C)c2ccco2)c1. The maximum absolute atomic E-state index is 13.4. The van der Waals surface area contributed by atoms with Gasteiger partial charge in [-0.3, -0.25) is 9.59 Å². The molecule has 0 fully saturated rings. The third-order valence-corrected chi connectivity index (χ3v) is 6.60. The van der Waals surface area contributed by atoms with E-state index in [9.17, 15) is 14.7 Å². The Hall–Kier alpha value is -4.14. The number of hydrogen-bond acceptors (Lipinski definition) is 6.